The molecular formula is C17H14N4O3. The molecule has 0 saturated carbocycles. The first-order valence-electron chi connectivity index (χ1n) is 7.51. The van der Waals surface area contributed by atoms with E-state index in [4.69, 9.17) is 4.74 Å². The summed E-state index contributed by atoms with van der Waals surface area (Å²) < 4.78 is 4.90. The van der Waals surface area contributed by atoms with Gasteiger partial charge < -0.3 is 9.72 Å². The number of benzene rings is 2. The number of hydrogen-bond acceptors (Lipinski definition) is 4. The second-order valence-electron chi connectivity index (χ2n) is 5.37. The van der Waals surface area contributed by atoms with E-state index in [1.54, 1.807) is 24.3 Å². The highest BCUT2D eigenvalue weighted by atomic mass is 16.6. The zero-order valence-electron chi connectivity index (χ0n) is 12.7. The molecule has 7 heteroatoms. The number of imidazole rings is 1. The molecule has 2 amide bonds. The van der Waals surface area contributed by atoms with Gasteiger partial charge in [0.05, 0.1) is 17.6 Å². The summed E-state index contributed by atoms with van der Waals surface area (Å²) in [5.74, 6) is 0.123. The fourth-order valence-electron chi connectivity index (χ4n) is 2.61. The first-order chi connectivity index (χ1) is 11.7. The summed E-state index contributed by atoms with van der Waals surface area (Å²) in [7, 11) is 0. The Morgan fingerprint density at radius 1 is 1.17 bits per heavy atom. The largest absolute Gasteiger partial charge is 0.447 e. The number of fused-ring (bicyclic) bond motifs is 1. The van der Waals surface area contributed by atoms with E-state index in [9.17, 15) is 9.59 Å². The molecule has 2 N–H and O–H groups in total. The molecule has 7 nitrogen and oxygen atoms in total. The fraction of sp³-hybridized carbons (Fsp3) is 0.118. The molecule has 1 aliphatic heterocycles. The zero-order chi connectivity index (χ0) is 16.5. The van der Waals surface area contributed by atoms with Crippen molar-refractivity contribution in [1.82, 2.24) is 9.97 Å². The molecule has 4 rings (SSSR count). The topological polar surface area (TPSA) is 87.3 Å². The van der Waals surface area contributed by atoms with E-state index in [1.807, 2.05) is 24.3 Å². The molecule has 1 aromatic heterocycles. The number of para-hydroxylation sites is 2. The van der Waals surface area contributed by atoms with Crippen molar-refractivity contribution < 1.29 is 14.3 Å². The summed E-state index contributed by atoms with van der Waals surface area (Å²) in [6.45, 7) is 0.899. The van der Waals surface area contributed by atoms with E-state index in [0.29, 0.717) is 30.4 Å². The van der Waals surface area contributed by atoms with Crippen LogP contribution in [0.25, 0.3) is 11.0 Å². The number of nitrogens with zero attached hydrogens (tertiary/aromatic N) is 2. The number of cyclic esters (lactones) is 1. The number of carbonyl (C=O) groups is 2. The maximum absolute atomic E-state index is 12.3. The van der Waals surface area contributed by atoms with Gasteiger partial charge in [-0.1, -0.05) is 12.1 Å². The third-order valence-electron chi connectivity index (χ3n) is 3.82. The quantitative estimate of drug-likeness (QED) is 0.776. The number of carbonyl (C=O) groups excluding carboxylic acids is 2. The van der Waals surface area contributed by atoms with Crippen molar-refractivity contribution in [3.8, 4) is 0 Å². The van der Waals surface area contributed by atoms with Gasteiger partial charge in [0.15, 0.2) is 0 Å². The summed E-state index contributed by atoms with van der Waals surface area (Å²) in [6, 6.07) is 14.3. The molecule has 0 bridgehead atoms. The van der Waals surface area contributed by atoms with Crippen molar-refractivity contribution in [2.24, 2.45) is 0 Å². The summed E-state index contributed by atoms with van der Waals surface area (Å²) in [4.78, 5) is 32.7. The number of nitrogens with one attached hydrogen (secondary N) is 2. The average molecular weight is 322 g/mol. The van der Waals surface area contributed by atoms with Gasteiger partial charge in [0.1, 0.15) is 6.61 Å². The molecule has 3 aromatic rings. The lowest BCUT2D eigenvalue weighted by Gasteiger charge is -2.12. The van der Waals surface area contributed by atoms with Gasteiger partial charge in [-0.05, 0) is 36.4 Å². The monoisotopic (exact) mass is 322 g/mol. The van der Waals surface area contributed by atoms with Crippen molar-refractivity contribution in [3.63, 3.8) is 0 Å². The predicted octanol–water partition coefficient (Wildman–Crippen LogP) is 2.77. The van der Waals surface area contributed by atoms with Crippen LogP contribution in [0.3, 0.4) is 0 Å². The summed E-state index contributed by atoms with van der Waals surface area (Å²) in [6.07, 6.45) is -0.366. The van der Waals surface area contributed by atoms with Gasteiger partial charge in [0.25, 0.3) is 5.91 Å². The Balaban J connectivity index is 1.50. The average Bonchev–Trinajstić information content (AvgIpc) is 3.20. The van der Waals surface area contributed by atoms with Gasteiger partial charge in [-0.2, -0.15) is 0 Å². The van der Waals surface area contributed by atoms with E-state index in [1.165, 1.54) is 4.90 Å². The summed E-state index contributed by atoms with van der Waals surface area (Å²) >= 11 is 0. The number of ether oxygens (including phenoxy) is 1. The van der Waals surface area contributed by atoms with Gasteiger partial charge in [-0.25, -0.2) is 9.78 Å². The lowest BCUT2D eigenvalue weighted by Crippen LogP contribution is -2.23. The van der Waals surface area contributed by atoms with Crippen LogP contribution in [0.4, 0.5) is 16.4 Å². The van der Waals surface area contributed by atoms with E-state index >= 15 is 0 Å². The molecule has 0 spiro atoms. The van der Waals surface area contributed by atoms with Crippen molar-refractivity contribution >= 4 is 34.7 Å². The molecule has 0 radical (unpaired) electrons. The number of amides is 2. The Hall–Kier alpha value is -3.35. The Morgan fingerprint density at radius 2 is 1.96 bits per heavy atom. The van der Waals surface area contributed by atoms with Gasteiger partial charge in [-0.3, -0.25) is 15.0 Å². The number of aromatic nitrogens is 2. The third kappa shape index (κ3) is 2.56. The number of H-pyrrole nitrogens is 1. The Kier molecular flexibility index (Phi) is 3.38. The Morgan fingerprint density at radius 3 is 2.67 bits per heavy atom. The van der Waals surface area contributed by atoms with Crippen LogP contribution in [0.2, 0.25) is 0 Å². The third-order valence-corrected chi connectivity index (χ3v) is 3.82. The first-order valence-corrected chi connectivity index (χ1v) is 7.51. The van der Waals surface area contributed by atoms with Crippen LogP contribution in [0.1, 0.15) is 10.4 Å². The molecule has 1 saturated heterocycles. The van der Waals surface area contributed by atoms with Gasteiger partial charge in [0.2, 0.25) is 5.95 Å². The van der Waals surface area contributed by atoms with Crippen LogP contribution in [-0.4, -0.2) is 35.1 Å². The highest BCUT2D eigenvalue weighted by Crippen LogP contribution is 2.20. The molecule has 120 valence electrons. The minimum absolute atomic E-state index is 0.274. The normalized spacial score (nSPS) is 14.0. The van der Waals surface area contributed by atoms with Crippen LogP contribution < -0.4 is 10.2 Å². The van der Waals surface area contributed by atoms with Crippen molar-refractivity contribution in [3.05, 3.63) is 54.1 Å². The van der Waals surface area contributed by atoms with Gasteiger partial charge in [0, 0.05) is 11.3 Å². The van der Waals surface area contributed by atoms with Crippen LogP contribution in [0, 0.1) is 0 Å². The van der Waals surface area contributed by atoms with Gasteiger partial charge in [-0.15, -0.1) is 0 Å². The maximum Gasteiger partial charge on any atom is 0.414 e. The lowest BCUT2D eigenvalue weighted by molar-refractivity contribution is 0.102. The number of rotatable bonds is 3. The van der Waals surface area contributed by atoms with E-state index in [2.05, 4.69) is 15.3 Å². The van der Waals surface area contributed by atoms with Crippen LogP contribution in [0.15, 0.2) is 48.5 Å². The highest BCUT2D eigenvalue weighted by molar-refractivity contribution is 6.04. The van der Waals surface area contributed by atoms with Crippen molar-refractivity contribution in [2.45, 2.75) is 0 Å². The Bertz CT molecular complexity index is 884. The molecule has 0 atom stereocenters. The zero-order valence-corrected chi connectivity index (χ0v) is 12.7. The van der Waals surface area contributed by atoms with Crippen LogP contribution in [-0.2, 0) is 4.74 Å². The second-order valence-corrected chi connectivity index (χ2v) is 5.37. The van der Waals surface area contributed by atoms with E-state index < -0.39 is 0 Å². The van der Waals surface area contributed by atoms with E-state index in [0.717, 1.165) is 11.0 Å². The van der Waals surface area contributed by atoms with Crippen LogP contribution >= 0.6 is 0 Å². The molecule has 2 aromatic carbocycles. The summed E-state index contributed by atoms with van der Waals surface area (Å²) in [5.41, 5.74) is 2.83. The molecule has 0 unspecified atom stereocenters. The molecule has 2 heterocycles. The lowest BCUT2D eigenvalue weighted by atomic mass is 10.2. The smallest absolute Gasteiger partial charge is 0.414 e. The molecular weight excluding hydrogens is 308 g/mol. The highest BCUT2D eigenvalue weighted by Gasteiger charge is 2.23. The maximum atomic E-state index is 12.3. The molecule has 0 aliphatic carbocycles. The van der Waals surface area contributed by atoms with E-state index in [-0.39, 0.29) is 12.0 Å². The van der Waals surface area contributed by atoms with Crippen molar-refractivity contribution in [2.75, 3.05) is 23.4 Å². The number of hydrogen-bond donors (Lipinski definition) is 2. The molecule has 1 aliphatic rings. The standard InChI is InChI=1S/C17H14N4O3/c22-15(20-16-18-13-3-1-2-4-14(13)19-16)11-5-7-12(8-6-11)21-9-10-24-17(21)23/h1-8H,9-10H2,(H2,18,19,20,22). The molecule has 24 heavy (non-hydrogen) atoms. The minimum atomic E-state index is -0.366. The molecule has 1 fully saturated rings. The Labute approximate surface area is 137 Å². The number of aromatic amines is 1. The predicted molar refractivity (Wildman–Crippen MR) is 89.2 cm³/mol. The van der Waals surface area contributed by atoms with Crippen LogP contribution in [0.5, 0.6) is 0 Å². The number of anilines is 2. The minimum Gasteiger partial charge on any atom is -0.447 e. The summed E-state index contributed by atoms with van der Waals surface area (Å²) in [5, 5.41) is 2.73. The fourth-order valence-corrected chi connectivity index (χ4v) is 2.61. The van der Waals surface area contributed by atoms with Gasteiger partial charge >= 0.3 is 6.09 Å². The SMILES string of the molecule is O=C(Nc1nc2ccccc2[nH]1)c1ccc(N2CCOC2=O)cc1. The second kappa shape index (κ2) is 5.69. The van der Waals surface area contributed by atoms with Crippen molar-refractivity contribution in [1.29, 1.82) is 0 Å². The first kappa shape index (κ1) is 14.3.